The second-order valence-corrected chi connectivity index (χ2v) is 12.6. The highest BCUT2D eigenvalue weighted by atomic mass is 32.2. The van der Waals surface area contributed by atoms with Gasteiger partial charge >= 0.3 is 5.69 Å². The Morgan fingerprint density at radius 1 is 1.05 bits per heavy atom. The van der Waals surface area contributed by atoms with E-state index in [1.165, 1.54) is 0 Å². The number of ether oxygens (including phenoxy) is 1. The lowest BCUT2D eigenvalue weighted by Crippen LogP contribution is -2.43. The van der Waals surface area contributed by atoms with Crippen molar-refractivity contribution >= 4 is 33.6 Å². The van der Waals surface area contributed by atoms with Crippen LogP contribution in [-0.4, -0.2) is 53.7 Å². The lowest BCUT2D eigenvalue weighted by atomic mass is 9.98. The van der Waals surface area contributed by atoms with Crippen LogP contribution in [0.1, 0.15) is 31.7 Å². The fraction of sp³-hybridized carbons (Fsp3) is 0.312. The van der Waals surface area contributed by atoms with Crippen LogP contribution >= 0.6 is 0 Å². The molecule has 0 saturated carbocycles. The molecule has 6 rings (SSSR count). The number of anilines is 1. The molecule has 4 heterocycles. The van der Waals surface area contributed by atoms with Crippen LogP contribution in [0.25, 0.3) is 16.7 Å². The van der Waals surface area contributed by atoms with Gasteiger partial charge in [0.2, 0.25) is 0 Å². The topological polar surface area (TPSA) is 136 Å². The molecule has 2 aliphatic heterocycles. The molecule has 0 unspecified atom stereocenters. The lowest BCUT2D eigenvalue weighted by molar-refractivity contribution is -0.128. The summed E-state index contributed by atoms with van der Waals surface area (Å²) in [5, 5.41) is 9.83. The van der Waals surface area contributed by atoms with E-state index in [9.17, 15) is 19.1 Å². The summed E-state index contributed by atoms with van der Waals surface area (Å²) in [6.45, 7) is 0.792. The molecule has 0 spiro atoms. The number of hydrogen-bond acceptors (Lipinski definition) is 7. The van der Waals surface area contributed by atoms with Gasteiger partial charge in [-0.1, -0.05) is 24.3 Å². The van der Waals surface area contributed by atoms with Gasteiger partial charge in [0.05, 0.1) is 17.2 Å². The van der Waals surface area contributed by atoms with E-state index in [1.54, 1.807) is 56.6 Å². The van der Waals surface area contributed by atoms with Gasteiger partial charge in [-0.3, -0.25) is 18.1 Å². The summed E-state index contributed by atoms with van der Waals surface area (Å²) < 4.78 is 20.9. The highest BCUT2D eigenvalue weighted by molar-refractivity contribution is 7.85. The molecule has 4 aromatic rings. The van der Waals surface area contributed by atoms with Gasteiger partial charge in [-0.2, -0.15) is 5.26 Å². The first kappa shape index (κ1) is 28.4. The molecule has 2 saturated heterocycles. The summed E-state index contributed by atoms with van der Waals surface area (Å²) in [5.74, 6) is 2.48. The number of fused-ring (bicyclic) bond motifs is 1. The Hall–Kier alpha value is -4.69. The van der Waals surface area contributed by atoms with Gasteiger partial charge in [0, 0.05) is 41.6 Å². The van der Waals surface area contributed by atoms with Gasteiger partial charge in [-0.05, 0) is 74.1 Å². The number of benzene rings is 2. The number of hydrogen-bond donors (Lipinski definition) is 1. The Morgan fingerprint density at radius 2 is 1.77 bits per heavy atom. The van der Waals surface area contributed by atoms with E-state index in [0.717, 1.165) is 0 Å². The maximum atomic E-state index is 14.1. The third kappa shape index (κ3) is 5.83. The summed E-state index contributed by atoms with van der Waals surface area (Å²) in [5.41, 5.74) is 7.91. The predicted molar refractivity (Wildman–Crippen MR) is 165 cm³/mol. The van der Waals surface area contributed by atoms with Crippen molar-refractivity contribution in [1.29, 1.82) is 5.26 Å². The number of amides is 1. The van der Waals surface area contributed by atoms with Crippen molar-refractivity contribution in [1.82, 2.24) is 19.0 Å². The number of piperidine rings is 1. The van der Waals surface area contributed by atoms with Crippen molar-refractivity contribution in [2.24, 2.45) is 5.92 Å². The first-order valence-electron chi connectivity index (χ1n) is 14.4. The molecule has 2 aliphatic rings. The third-order valence-corrected chi connectivity index (χ3v) is 9.50. The molecular formula is C32H32N6O4S. The maximum Gasteiger partial charge on any atom is 0.334 e. The van der Waals surface area contributed by atoms with E-state index in [0.29, 0.717) is 72.0 Å². The molecule has 0 aliphatic carbocycles. The first-order valence-corrected chi connectivity index (χ1v) is 15.9. The Labute approximate surface area is 251 Å². The number of carbonyl (C=O) groups excluding carboxylic acids is 1. The van der Waals surface area contributed by atoms with E-state index in [4.69, 9.17) is 10.5 Å². The Kier molecular flexibility index (Phi) is 8.11. The number of allylic oxidation sites excluding steroid dienone is 1. The zero-order chi connectivity index (χ0) is 29.9. The maximum absolute atomic E-state index is 14.1. The van der Waals surface area contributed by atoms with E-state index in [1.807, 2.05) is 30.3 Å². The number of nitrogens with two attached hydrogens (primary N) is 1. The molecule has 2 N–H and O–H groups in total. The number of nitriles is 1. The lowest BCUT2D eigenvalue weighted by Gasteiger charge is -2.33. The Morgan fingerprint density at radius 3 is 2.49 bits per heavy atom. The van der Waals surface area contributed by atoms with E-state index in [2.05, 4.69) is 11.1 Å². The van der Waals surface area contributed by atoms with Crippen molar-refractivity contribution in [3.05, 3.63) is 89.0 Å². The van der Waals surface area contributed by atoms with Crippen LogP contribution in [0.5, 0.6) is 11.5 Å². The second kappa shape index (κ2) is 12.3. The molecule has 11 heteroatoms. The number of aromatic nitrogens is 3. The number of nitrogen functional groups attached to an aromatic ring is 1. The summed E-state index contributed by atoms with van der Waals surface area (Å²) in [7, 11) is -0.818. The molecule has 0 radical (unpaired) electrons. The van der Waals surface area contributed by atoms with E-state index < -0.39 is 10.8 Å². The Balaban J connectivity index is 1.30. The van der Waals surface area contributed by atoms with Gasteiger partial charge in [-0.25, -0.2) is 9.78 Å². The summed E-state index contributed by atoms with van der Waals surface area (Å²) in [6.07, 6.45) is 6.11. The molecular weight excluding hydrogens is 564 g/mol. The minimum atomic E-state index is -0.818. The second-order valence-electron chi connectivity index (χ2n) is 10.9. The minimum absolute atomic E-state index is 0.0671. The van der Waals surface area contributed by atoms with Gasteiger partial charge in [0.25, 0.3) is 5.91 Å². The van der Waals surface area contributed by atoms with Crippen LogP contribution in [0.4, 0.5) is 5.82 Å². The van der Waals surface area contributed by atoms with Crippen LogP contribution in [-0.2, 0) is 15.6 Å². The third-order valence-electron chi connectivity index (χ3n) is 8.12. The fourth-order valence-corrected chi connectivity index (χ4v) is 7.30. The smallest absolute Gasteiger partial charge is 0.334 e. The summed E-state index contributed by atoms with van der Waals surface area (Å²) >= 11 is 0. The number of rotatable bonds is 6. The van der Waals surface area contributed by atoms with Gasteiger partial charge < -0.3 is 15.4 Å². The van der Waals surface area contributed by atoms with Crippen LogP contribution in [0.2, 0.25) is 0 Å². The highest BCUT2D eigenvalue weighted by Crippen LogP contribution is 2.30. The number of carbonyl (C=O) groups is 1. The average molecular weight is 597 g/mol. The average Bonchev–Trinajstić information content (AvgIpc) is 3.34. The van der Waals surface area contributed by atoms with Crippen molar-refractivity contribution in [3.63, 3.8) is 0 Å². The normalized spacial score (nSPS) is 21.0. The number of likely N-dealkylation sites (tertiary alicyclic amines) is 1. The van der Waals surface area contributed by atoms with Crippen molar-refractivity contribution < 1.29 is 13.7 Å². The molecule has 1 amide bonds. The quantitative estimate of drug-likeness (QED) is 0.258. The molecule has 1 atom stereocenters. The summed E-state index contributed by atoms with van der Waals surface area (Å²) in [4.78, 5) is 33.5. The minimum Gasteiger partial charge on any atom is -0.457 e. The van der Waals surface area contributed by atoms with Crippen LogP contribution < -0.4 is 16.2 Å². The van der Waals surface area contributed by atoms with Gasteiger partial charge in [0.1, 0.15) is 34.5 Å². The molecule has 0 bridgehead atoms. The zero-order valence-electron chi connectivity index (χ0n) is 23.6. The Bertz CT molecular complexity index is 1800. The van der Waals surface area contributed by atoms with Crippen molar-refractivity contribution in [3.8, 4) is 23.3 Å². The number of pyridine rings is 1. The zero-order valence-corrected chi connectivity index (χ0v) is 24.4. The van der Waals surface area contributed by atoms with Crippen LogP contribution in [0, 0.1) is 17.2 Å². The highest BCUT2D eigenvalue weighted by Gasteiger charge is 2.31. The summed E-state index contributed by atoms with van der Waals surface area (Å²) in [6, 6.07) is 20.2. The van der Waals surface area contributed by atoms with Crippen molar-refractivity contribution in [2.75, 3.05) is 30.3 Å². The fourth-order valence-electron chi connectivity index (χ4n) is 5.96. The number of para-hydroxylation sites is 1. The molecule has 2 fully saturated rings. The largest absolute Gasteiger partial charge is 0.457 e. The van der Waals surface area contributed by atoms with Crippen LogP contribution in [0.3, 0.4) is 0 Å². The molecule has 220 valence electrons. The standard InChI is InChI=1S/C32H32N6O4S/c33-20-23(19-22-13-17-43(41)18-14-22)31(39)36-16-4-5-25(21-36)37-28-12-15-35-30(34)29(28)38(32(37)40)24-8-10-27(11-9-24)42-26-6-2-1-3-7-26/h1-3,6-12,15,19,22,25H,4-5,13-14,16-18,21H2,(H2,34,35)/b23-19-/t22?,25-,43?/m1/s1. The SMILES string of the molecule is N#C/C(=C/C1CCS(=O)CC1)C(=O)N1CCC[C@@H](n2c(=O)n(-c3ccc(Oc4ccccc4)cc3)c3c(N)nccc32)C1. The van der Waals surface area contributed by atoms with E-state index >= 15 is 0 Å². The van der Waals surface area contributed by atoms with E-state index in [-0.39, 0.29) is 41.5 Å². The molecule has 43 heavy (non-hydrogen) atoms. The monoisotopic (exact) mass is 596 g/mol. The number of nitrogens with zero attached hydrogens (tertiary/aromatic N) is 5. The predicted octanol–water partition coefficient (Wildman–Crippen LogP) is 4.33. The molecule has 2 aromatic carbocycles. The first-order chi connectivity index (χ1) is 20.9. The molecule has 10 nitrogen and oxygen atoms in total. The van der Waals surface area contributed by atoms with Crippen molar-refractivity contribution in [2.45, 2.75) is 31.7 Å². The molecule has 2 aromatic heterocycles. The van der Waals surface area contributed by atoms with Gasteiger partial charge in [-0.15, -0.1) is 0 Å². The van der Waals surface area contributed by atoms with Crippen LogP contribution in [0.15, 0.2) is 83.3 Å². The van der Waals surface area contributed by atoms with Gasteiger partial charge in [0.15, 0.2) is 0 Å². The number of imidazole rings is 1.